The lowest BCUT2D eigenvalue weighted by molar-refractivity contribution is -0.380. The van der Waals surface area contributed by atoms with E-state index in [0.717, 1.165) is 55.7 Å². The minimum Gasteiger partial charge on any atom is -0.395 e. The number of aromatic nitrogens is 1. The maximum absolute atomic E-state index is 10.9. The van der Waals surface area contributed by atoms with E-state index < -0.39 is 4.92 Å². The number of likely N-dealkylation sites (N-methyl/N-ethyl adjacent to an activating group) is 1. The fourth-order valence-electron chi connectivity index (χ4n) is 3.09. The molecule has 0 spiro atoms. The van der Waals surface area contributed by atoms with E-state index in [4.69, 9.17) is 17.3 Å². The van der Waals surface area contributed by atoms with Crippen molar-refractivity contribution >= 4 is 38.8 Å². The second-order valence-corrected chi connectivity index (χ2v) is 7.43. The van der Waals surface area contributed by atoms with Crippen molar-refractivity contribution in [3.63, 3.8) is 0 Å². The number of nitrogens with zero attached hydrogens (tertiary/aromatic N) is 6. The first-order valence-corrected chi connectivity index (χ1v) is 9.04. The van der Waals surface area contributed by atoms with E-state index in [1.807, 2.05) is 7.05 Å². The molecule has 0 bridgehead atoms. The minimum atomic E-state index is -0.412. The van der Waals surface area contributed by atoms with Crippen molar-refractivity contribution in [2.45, 2.75) is 0 Å². The van der Waals surface area contributed by atoms with Crippen molar-refractivity contribution in [3.8, 4) is 0 Å². The lowest BCUT2D eigenvalue weighted by atomic mass is 10.3. The largest absolute Gasteiger partial charge is 0.395 e. The standard InChI is InChI=1S/C13H21N6O3S2/c1-19(12-14-10-11(24-12)18(21)22)8-6-17(13(19)23)16-4-2-15(3-5-16)7-9-20/h10,20H,2-9H2,1H3/q+1. The predicted molar refractivity (Wildman–Crippen MR) is 95.8 cm³/mol. The molecule has 132 valence electrons. The van der Waals surface area contributed by atoms with Crippen molar-refractivity contribution in [1.82, 2.24) is 24.4 Å². The number of aliphatic hydroxyl groups is 1. The molecule has 0 aliphatic carbocycles. The quantitative estimate of drug-likeness (QED) is 0.337. The van der Waals surface area contributed by atoms with Gasteiger partial charge in [-0.1, -0.05) is 0 Å². The van der Waals surface area contributed by atoms with Gasteiger partial charge in [-0.05, 0) is 0 Å². The van der Waals surface area contributed by atoms with Crippen molar-refractivity contribution in [3.05, 3.63) is 16.3 Å². The second kappa shape index (κ2) is 6.94. The van der Waals surface area contributed by atoms with Gasteiger partial charge in [-0.3, -0.25) is 15.0 Å². The average Bonchev–Trinajstić information content (AvgIpc) is 3.16. The van der Waals surface area contributed by atoms with Crippen LogP contribution in [0.15, 0.2) is 6.20 Å². The van der Waals surface area contributed by atoms with Gasteiger partial charge >= 0.3 is 5.00 Å². The SMILES string of the molecule is C[N+]1(c2ncc([N+](=O)[O-])s2)CCN(N2CCN(CCO)CC2)C1=S. The number of rotatable bonds is 5. The molecule has 1 aromatic heterocycles. The molecule has 0 radical (unpaired) electrons. The van der Waals surface area contributed by atoms with E-state index in [1.165, 1.54) is 6.20 Å². The Kier molecular flexibility index (Phi) is 5.08. The van der Waals surface area contributed by atoms with Crippen LogP contribution in [0, 0.1) is 10.1 Å². The molecular weight excluding hydrogens is 352 g/mol. The van der Waals surface area contributed by atoms with Gasteiger partial charge in [-0.25, -0.2) is 14.5 Å². The van der Waals surface area contributed by atoms with Crippen LogP contribution in [0.4, 0.5) is 10.1 Å². The fourth-order valence-corrected chi connectivity index (χ4v) is 4.39. The zero-order chi connectivity index (χ0) is 17.3. The van der Waals surface area contributed by atoms with E-state index >= 15 is 0 Å². The summed E-state index contributed by atoms with van der Waals surface area (Å²) in [5.41, 5.74) is 0. The van der Waals surface area contributed by atoms with Gasteiger partial charge in [0.1, 0.15) is 12.7 Å². The third kappa shape index (κ3) is 3.15. The molecule has 3 heterocycles. The summed E-state index contributed by atoms with van der Waals surface area (Å²) in [5, 5.41) is 25.7. The van der Waals surface area contributed by atoms with Crippen LogP contribution in [-0.4, -0.2) is 94.5 Å². The van der Waals surface area contributed by atoms with Crippen LogP contribution in [0.5, 0.6) is 0 Å². The molecule has 0 aromatic carbocycles. The van der Waals surface area contributed by atoms with E-state index in [0.29, 0.717) is 16.2 Å². The van der Waals surface area contributed by atoms with Crippen molar-refractivity contribution in [2.24, 2.45) is 0 Å². The van der Waals surface area contributed by atoms with Crippen molar-refractivity contribution in [2.75, 3.05) is 59.5 Å². The molecule has 2 fully saturated rings. The first kappa shape index (κ1) is 17.6. The van der Waals surface area contributed by atoms with Crippen LogP contribution >= 0.6 is 23.6 Å². The minimum absolute atomic E-state index is 0.0446. The van der Waals surface area contributed by atoms with Crippen molar-refractivity contribution < 1.29 is 10.0 Å². The topological polar surface area (TPSA) is 86.0 Å². The first-order chi connectivity index (χ1) is 11.5. The number of β-amino-alcohol motifs (C(OH)–C–C–N with tert-alkyl or cyclic N) is 1. The highest BCUT2D eigenvalue weighted by atomic mass is 32.1. The normalized spacial score (nSPS) is 26.2. The summed E-state index contributed by atoms with van der Waals surface area (Å²) in [6, 6.07) is 0. The van der Waals surface area contributed by atoms with Crippen LogP contribution in [-0.2, 0) is 0 Å². The van der Waals surface area contributed by atoms with Gasteiger partial charge in [0.2, 0.25) is 0 Å². The first-order valence-electron chi connectivity index (χ1n) is 7.82. The number of piperazine rings is 1. The van der Waals surface area contributed by atoms with Gasteiger partial charge in [0.15, 0.2) is 0 Å². The monoisotopic (exact) mass is 373 g/mol. The van der Waals surface area contributed by atoms with Gasteiger partial charge < -0.3 is 5.11 Å². The van der Waals surface area contributed by atoms with Crippen LogP contribution in [0.1, 0.15) is 0 Å². The molecule has 1 N–H and O–H groups in total. The highest BCUT2D eigenvalue weighted by Crippen LogP contribution is 2.35. The highest BCUT2D eigenvalue weighted by Gasteiger charge is 2.47. The molecule has 24 heavy (non-hydrogen) atoms. The number of thiocarbonyl (C=S) groups is 1. The Morgan fingerprint density at radius 3 is 2.71 bits per heavy atom. The number of nitro groups is 1. The Bertz CT molecular complexity index is 633. The molecule has 1 aromatic rings. The van der Waals surface area contributed by atoms with E-state index in [2.05, 4.69) is 19.9 Å². The molecule has 0 amide bonds. The number of quaternary nitrogens is 1. The number of aliphatic hydroxyl groups excluding tert-OH is 1. The van der Waals surface area contributed by atoms with E-state index in [-0.39, 0.29) is 11.6 Å². The molecule has 9 nitrogen and oxygen atoms in total. The number of hydrogen-bond donors (Lipinski definition) is 1. The zero-order valence-electron chi connectivity index (χ0n) is 13.5. The van der Waals surface area contributed by atoms with Crippen LogP contribution in [0.2, 0.25) is 0 Å². The van der Waals surface area contributed by atoms with Gasteiger partial charge in [-0.2, -0.15) is 4.98 Å². The molecule has 3 rings (SSSR count). The molecule has 1 unspecified atom stereocenters. The van der Waals surface area contributed by atoms with E-state index in [1.54, 1.807) is 0 Å². The number of hydrogen-bond acceptors (Lipinski definition) is 8. The molecule has 2 aliphatic rings. The van der Waals surface area contributed by atoms with Gasteiger partial charge in [0, 0.05) is 56.3 Å². The highest BCUT2D eigenvalue weighted by molar-refractivity contribution is 7.80. The summed E-state index contributed by atoms with van der Waals surface area (Å²) in [5.74, 6) is 0. The van der Waals surface area contributed by atoms with Crippen LogP contribution < -0.4 is 4.48 Å². The summed E-state index contributed by atoms with van der Waals surface area (Å²) < 4.78 is 0.338. The Balaban J connectivity index is 1.69. The lowest BCUT2D eigenvalue weighted by Crippen LogP contribution is -2.57. The molecular formula is C13H21N6O3S2+. The maximum Gasteiger partial charge on any atom is 0.349 e. The maximum atomic E-state index is 10.9. The second-order valence-electron chi connectivity index (χ2n) is 6.08. The predicted octanol–water partition coefficient (Wildman–Crippen LogP) is 0.114. The van der Waals surface area contributed by atoms with E-state index in [9.17, 15) is 10.1 Å². The number of hydrazine groups is 1. The number of thiazole rings is 1. The Hall–Kier alpha value is -1.24. The zero-order valence-corrected chi connectivity index (χ0v) is 15.1. The summed E-state index contributed by atoms with van der Waals surface area (Å²) in [4.78, 5) is 17.0. The third-order valence-corrected chi connectivity index (χ3v) is 6.36. The lowest BCUT2D eigenvalue weighted by Gasteiger charge is -2.39. The fraction of sp³-hybridized carbons (Fsp3) is 0.692. The van der Waals surface area contributed by atoms with Gasteiger partial charge in [0.25, 0.3) is 10.2 Å². The van der Waals surface area contributed by atoms with Gasteiger partial charge in [-0.15, -0.1) is 0 Å². The molecule has 2 aliphatic heterocycles. The Morgan fingerprint density at radius 2 is 2.12 bits per heavy atom. The Labute approximate surface area is 149 Å². The van der Waals surface area contributed by atoms with Crippen LogP contribution in [0.25, 0.3) is 0 Å². The smallest absolute Gasteiger partial charge is 0.349 e. The van der Waals surface area contributed by atoms with Crippen molar-refractivity contribution in [1.29, 1.82) is 0 Å². The molecule has 1 atom stereocenters. The summed E-state index contributed by atoms with van der Waals surface area (Å²) in [6.07, 6.45) is 1.31. The summed E-state index contributed by atoms with van der Waals surface area (Å²) >= 11 is 6.78. The third-order valence-electron chi connectivity index (χ3n) is 4.59. The summed E-state index contributed by atoms with van der Waals surface area (Å²) in [6.45, 7) is 5.92. The molecule has 0 saturated carbocycles. The average molecular weight is 373 g/mol. The molecule has 11 heteroatoms. The molecule has 2 saturated heterocycles. The van der Waals surface area contributed by atoms with Crippen LogP contribution in [0.3, 0.4) is 0 Å². The van der Waals surface area contributed by atoms with Gasteiger partial charge in [0.05, 0.1) is 25.1 Å². The summed E-state index contributed by atoms with van der Waals surface area (Å²) in [7, 11) is 1.97. The Morgan fingerprint density at radius 1 is 1.42 bits per heavy atom.